The molecular formula is C12H11N3O2. The molecule has 0 amide bonds. The molecule has 0 spiro atoms. The Morgan fingerprint density at radius 1 is 1.53 bits per heavy atom. The first-order chi connectivity index (χ1) is 8.16. The van der Waals surface area contributed by atoms with Gasteiger partial charge in [0, 0.05) is 31.0 Å². The second-order valence-electron chi connectivity index (χ2n) is 3.61. The molecule has 86 valence electrons. The highest BCUT2D eigenvalue weighted by atomic mass is 16.6. The van der Waals surface area contributed by atoms with Crippen LogP contribution < -0.4 is 0 Å². The van der Waals surface area contributed by atoms with E-state index in [9.17, 15) is 10.1 Å². The van der Waals surface area contributed by atoms with Crippen LogP contribution in [-0.2, 0) is 0 Å². The van der Waals surface area contributed by atoms with E-state index in [0.717, 1.165) is 17.0 Å². The summed E-state index contributed by atoms with van der Waals surface area (Å²) in [5, 5.41) is 10.5. The minimum Gasteiger partial charge on any atom is -0.345 e. The summed E-state index contributed by atoms with van der Waals surface area (Å²) >= 11 is 0. The topological polar surface area (TPSA) is 71.8 Å². The number of nitrogens with zero attached hydrogens (tertiary/aromatic N) is 2. The van der Waals surface area contributed by atoms with Gasteiger partial charge >= 0.3 is 0 Å². The van der Waals surface area contributed by atoms with Crippen LogP contribution in [0.4, 0.5) is 0 Å². The van der Waals surface area contributed by atoms with Crippen molar-refractivity contribution < 1.29 is 4.92 Å². The van der Waals surface area contributed by atoms with E-state index in [4.69, 9.17) is 0 Å². The highest BCUT2D eigenvalue weighted by Gasteiger charge is 2.04. The predicted octanol–water partition coefficient (Wildman–Crippen LogP) is 2.71. The van der Waals surface area contributed by atoms with E-state index in [2.05, 4.69) is 9.97 Å². The van der Waals surface area contributed by atoms with Gasteiger partial charge < -0.3 is 4.98 Å². The molecule has 17 heavy (non-hydrogen) atoms. The molecule has 0 atom stereocenters. The summed E-state index contributed by atoms with van der Waals surface area (Å²) < 4.78 is 0. The lowest BCUT2D eigenvalue weighted by Gasteiger charge is -1.99. The molecule has 0 aliphatic rings. The Morgan fingerprint density at radius 3 is 3.00 bits per heavy atom. The molecule has 0 fully saturated rings. The van der Waals surface area contributed by atoms with Crippen molar-refractivity contribution in [2.75, 3.05) is 0 Å². The lowest BCUT2D eigenvalue weighted by atomic mass is 10.1. The summed E-state index contributed by atoms with van der Waals surface area (Å²) in [6.45, 7) is 1.47. The normalized spacial score (nSPS) is 11.5. The van der Waals surface area contributed by atoms with Crippen LogP contribution in [0.5, 0.6) is 0 Å². The Bertz CT molecular complexity index is 559. The smallest absolute Gasteiger partial charge is 0.243 e. The van der Waals surface area contributed by atoms with Crippen LogP contribution in [0.25, 0.3) is 17.5 Å². The number of aromatic amines is 1. The number of imidazole rings is 1. The number of aromatic nitrogens is 2. The van der Waals surface area contributed by atoms with Crippen molar-refractivity contribution in [3.63, 3.8) is 0 Å². The number of hydrogen-bond acceptors (Lipinski definition) is 3. The number of nitrogens with one attached hydrogen (secondary N) is 1. The molecule has 0 bridgehead atoms. The van der Waals surface area contributed by atoms with E-state index in [0.29, 0.717) is 0 Å². The first kappa shape index (κ1) is 11.1. The molecule has 1 aromatic heterocycles. The number of allylic oxidation sites excluding steroid dienone is 1. The minimum atomic E-state index is -0.403. The third-order valence-electron chi connectivity index (χ3n) is 2.32. The molecule has 1 heterocycles. The number of rotatable bonds is 3. The number of hydrogen-bond donors (Lipinski definition) is 1. The van der Waals surface area contributed by atoms with E-state index < -0.39 is 4.92 Å². The summed E-state index contributed by atoms with van der Waals surface area (Å²) in [5.74, 6) is 0.749. The summed E-state index contributed by atoms with van der Waals surface area (Å²) in [5.41, 5.74) is 1.80. The lowest BCUT2D eigenvalue weighted by Crippen LogP contribution is -1.93. The maximum absolute atomic E-state index is 10.5. The summed E-state index contributed by atoms with van der Waals surface area (Å²) in [4.78, 5) is 17.3. The van der Waals surface area contributed by atoms with Gasteiger partial charge in [-0.2, -0.15) is 0 Å². The maximum atomic E-state index is 10.5. The molecule has 0 saturated heterocycles. The standard InChI is InChI=1S/C12H11N3O2/c1-9(15(16)17)7-10-3-2-4-11(8-10)12-13-5-6-14-12/h2-8H,1H3,(H,13,14). The van der Waals surface area contributed by atoms with Gasteiger partial charge in [0.1, 0.15) is 5.82 Å². The van der Waals surface area contributed by atoms with Crippen LogP contribution in [0.15, 0.2) is 42.4 Å². The Labute approximate surface area is 98.0 Å². The van der Waals surface area contributed by atoms with Crippen molar-refractivity contribution in [2.24, 2.45) is 0 Å². The Hall–Kier alpha value is -2.43. The van der Waals surface area contributed by atoms with E-state index in [1.807, 2.05) is 24.3 Å². The Kier molecular flexibility index (Phi) is 3.00. The van der Waals surface area contributed by atoms with Gasteiger partial charge in [0.25, 0.3) is 0 Å². The highest BCUT2D eigenvalue weighted by molar-refractivity contribution is 5.62. The van der Waals surface area contributed by atoms with Crippen LogP contribution >= 0.6 is 0 Å². The van der Waals surface area contributed by atoms with Gasteiger partial charge in [0.2, 0.25) is 5.70 Å². The largest absolute Gasteiger partial charge is 0.345 e. The molecule has 1 N–H and O–H groups in total. The average Bonchev–Trinajstić information content (AvgIpc) is 2.82. The van der Waals surface area contributed by atoms with E-state index >= 15 is 0 Å². The molecule has 0 radical (unpaired) electrons. The minimum absolute atomic E-state index is 0.113. The zero-order chi connectivity index (χ0) is 12.3. The van der Waals surface area contributed by atoms with E-state index in [1.165, 1.54) is 13.0 Å². The van der Waals surface area contributed by atoms with Crippen molar-refractivity contribution in [1.82, 2.24) is 9.97 Å². The van der Waals surface area contributed by atoms with Crippen molar-refractivity contribution in [3.05, 3.63) is 58.0 Å². The van der Waals surface area contributed by atoms with Gasteiger partial charge in [0.05, 0.1) is 4.92 Å². The fraction of sp³-hybridized carbons (Fsp3) is 0.0833. The molecule has 0 aliphatic carbocycles. The van der Waals surface area contributed by atoms with Crippen molar-refractivity contribution in [3.8, 4) is 11.4 Å². The van der Waals surface area contributed by atoms with Crippen molar-refractivity contribution in [1.29, 1.82) is 0 Å². The van der Waals surface area contributed by atoms with Gasteiger partial charge in [-0.3, -0.25) is 10.1 Å². The Balaban J connectivity index is 2.36. The molecule has 5 heteroatoms. The molecule has 2 aromatic rings. The van der Waals surface area contributed by atoms with Gasteiger partial charge in [-0.05, 0) is 11.6 Å². The molecule has 0 unspecified atom stereocenters. The molecular weight excluding hydrogens is 218 g/mol. The SMILES string of the molecule is CC(=Cc1cccc(-c2ncc[nH]2)c1)[N+](=O)[O-]. The zero-order valence-electron chi connectivity index (χ0n) is 9.25. The summed E-state index contributed by atoms with van der Waals surface area (Å²) in [7, 11) is 0. The molecule has 0 saturated carbocycles. The van der Waals surface area contributed by atoms with Gasteiger partial charge in [0.15, 0.2) is 0 Å². The second-order valence-corrected chi connectivity index (χ2v) is 3.61. The van der Waals surface area contributed by atoms with Crippen molar-refractivity contribution >= 4 is 6.08 Å². The van der Waals surface area contributed by atoms with E-state index in [1.54, 1.807) is 12.4 Å². The second kappa shape index (κ2) is 4.61. The fourth-order valence-corrected chi connectivity index (χ4v) is 1.49. The van der Waals surface area contributed by atoms with Crippen LogP contribution in [0.3, 0.4) is 0 Å². The Morgan fingerprint density at radius 2 is 2.35 bits per heavy atom. The quantitative estimate of drug-likeness (QED) is 0.649. The van der Waals surface area contributed by atoms with Gasteiger partial charge in [-0.25, -0.2) is 4.98 Å². The number of H-pyrrole nitrogens is 1. The van der Waals surface area contributed by atoms with Crippen LogP contribution in [0, 0.1) is 10.1 Å². The summed E-state index contributed by atoms with van der Waals surface area (Å²) in [6, 6.07) is 7.42. The lowest BCUT2D eigenvalue weighted by molar-refractivity contribution is -0.422. The third-order valence-corrected chi connectivity index (χ3v) is 2.32. The first-order valence-corrected chi connectivity index (χ1v) is 5.09. The molecule has 5 nitrogen and oxygen atoms in total. The third kappa shape index (κ3) is 2.57. The number of benzene rings is 1. The predicted molar refractivity (Wildman–Crippen MR) is 64.7 cm³/mol. The highest BCUT2D eigenvalue weighted by Crippen LogP contribution is 2.17. The monoisotopic (exact) mass is 229 g/mol. The summed E-state index contributed by atoms with van der Waals surface area (Å²) in [6.07, 6.45) is 4.94. The van der Waals surface area contributed by atoms with Crippen molar-refractivity contribution in [2.45, 2.75) is 6.92 Å². The maximum Gasteiger partial charge on any atom is 0.243 e. The molecule has 1 aromatic carbocycles. The number of nitro groups is 1. The first-order valence-electron chi connectivity index (χ1n) is 5.09. The zero-order valence-corrected chi connectivity index (χ0v) is 9.25. The molecule has 0 aliphatic heterocycles. The van der Waals surface area contributed by atoms with Gasteiger partial charge in [-0.15, -0.1) is 0 Å². The fourth-order valence-electron chi connectivity index (χ4n) is 1.49. The average molecular weight is 229 g/mol. The van der Waals surface area contributed by atoms with Crippen LogP contribution in [0.2, 0.25) is 0 Å². The van der Waals surface area contributed by atoms with Crippen LogP contribution in [0.1, 0.15) is 12.5 Å². The van der Waals surface area contributed by atoms with E-state index in [-0.39, 0.29) is 5.70 Å². The molecule has 2 rings (SSSR count). The van der Waals surface area contributed by atoms with Gasteiger partial charge in [-0.1, -0.05) is 18.2 Å². The van der Waals surface area contributed by atoms with Crippen LogP contribution in [-0.4, -0.2) is 14.9 Å².